The number of phenols is 1. The van der Waals surface area contributed by atoms with Crippen LogP contribution in [0.4, 0.5) is 4.39 Å². The zero-order valence-electron chi connectivity index (χ0n) is 9.18. The minimum absolute atomic E-state index is 0.0551. The van der Waals surface area contributed by atoms with Crippen LogP contribution in [0.3, 0.4) is 0 Å². The predicted octanol–water partition coefficient (Wildman–Crippen LogP) is 0.895. The van der Waals surface area contributed by atoms with E-state index in [1.54, 1.807) is 0 Å². The number of aromatic amines is 1. The predicted molar refractivity (Wildman–Crippen MR) is 57.5 cm³/mol. The first-order chi connectivity index (χ1) is 8.16. The van der Waals surface area contributed by atoms with E-state index in [1.165, 1.54) is 18.2 Å². The van der Waals surface area contributed by atoms with Gasteiger partial charge in [-0.2, -0.15) is 5.21 Å². The molecule has 0 saturated heterocycles. The summed E-state index contributed by atoms with van der Waals surface area (Å²) in [5.41, 5.74) is 0.494. The molecular formula is C10H12FN5O. The molecule has 0 aliphatic rings. The molecule has 1 atom stereocenters. The van der Waals surface area contributed by atoms with Gasteiger partial charge >= 0.3 is 0 Å². The highest BCUT2D eigenvalue weighted by atomic mass is 19.1. The Morgan fingerprint density at radius 1 is 1.53 bits per heavy atom. The Kier molecular flexibility index (Phi) is 3.29. The molecule has 0 saturated carbocycles. The zero-order valence-corrected chi connectivity index (χ0v) is 9.18. The van der Waals surface area contributed by atoms with Crippen LogP contribution < -0.4 is 5.32 Å². The van der Waals surface area contributed by atoms with Crippen molar-refractivity contribution in [2.75, 3.05) is 0 Å². The van der Waals surface area contributed by atoms with Crippen LogP contribution in [0, 0.1) is 5.82 Å². The average Bonchev–Trinajstić information content (AvgIpc) is 2.82. The van der Waals surface area contributed by atoms with Crippen LogP contribution in [0.5, 0.6) is 5.75 Å². The number of rotatable bonds is 4. The lowest BCUT2D eigenvalue weighted by Crippen LogP contribution is -2.19. The molecule has 1 aromatic carbocycles. The van der Waals surface area contributed by atoms with Crippen LogP contribution in [0.25, 0.3) is 0 Å². The molecule has 1 unspecified atom stereocenters. The summed E-state index contributed by atoms with van der Waals surface area (Å²) >= 11 is 0. The van der Waals surface area contributed by atoms with Crippen molar-refractivity contribution in [2.45, 2.75) is 19.5 Å². The zero-order chi connectivity index (χ0) is 12.3. The summed E-state index contributed by atoms with van der Waals surface area (Å²) < 4.78 is 13.0. The molecule has 0 fully saturated rings. The highest BCUT2D eigenvalue weighted by molar-refractivity contribution is 5.34. The van der Waals surface area contributed by atoms with E-state index in [4.69, 9.17) is 0 Å². The van der Waals surface area contributed by atoms with Crippen LogP contribution in [0.15, 0.2) is 18.2 Å². The number of halogens is 1. The molecule has 2 rings (SSSR count). The van der Waals surface area contributed by atoms with Crippen molar-refractivity contribution in [3.63, 3.8) is 0 Å². The molecule has 7 heteroatoms. The van der Waals surface area contributed by atoms with Gasteiger partial charge in [-0.3, -0.25) is 0 Å². The Bertz CT molecular complexity index is 487. The Labute approximate surface area is 96.9 Å². The number of nitrogens with zero attached hydrogens (tertiary/aromatic N) is 3. The van der Waals surface area contributed by atoms with Gasteiger partial charge in [0.2, 0.25) is 0 Å². The third-order valence-electron chi connectivity index (χ3n) is 2.41. The van der Waals surface area contributed by atoms with Gasteiger partial charge in [0.25, 0.3) is 0 Å². The number of hydrogen-bond acceptors (Lipinski definition) is 5. The minimum atomic E-state index is -0.383. The molecule has 0 aliphatic heterocycles. The maximum atomic E-state index is 13.0. The molecule has 0 bridgehead atoms. The summed E-state index contributed by atoms with van der Waals surface area (Å²) in [6.07, 6.45) is 0. The van der Waals surface area contributed by atoms with Crippen LogP contribution in [-0.2, 0) is 6.54 Å². The highest BCUT2D eigenvalue weighted by Crippen LogP contribution is 2.24. The lowest BCUT2D eigenvalue weighted by molar-refractivity contribution is 0.447. The monoisotopic (exact) mass is 237 g/mol. The average molecular weight is 237 g/mol. The first-order valence-corrected chi connectivity index (χ1v) is 5.11. The maximum absolute atomic E-state index is 13.0. The van der Waals surface area contributed by atoms with E-state index in [0.717, 1.165) is 0 Å². The smallest absolute Gasteiger partial charge is 0.188 e. The number of benzene rings is 1. The van der Waals surface area contributed by atoms with Gasteiger partial charge in [0.1, 0.15) is 11.6 Å². The van der Waals surface area contributed by atoms with Gasteiger partial charge in [0.05, 0.1) is 6.54 Å². The molecule has 0 aliphatic carbocycles. The number of hydrogen-bond donors (Lipinski definition) is 3. The summed E-state index contributed by atoms with van der Waals surface area (Å²) in [5, 5.41) is 26.0. The molecule has 17 heavy (non-hydrogen) atoms. The van der Waals surface area contributed by atoms with Gasteiger partial charge in [0.15, 0.2) is 5.82 Å². The number of aromatic nitrogens is 4. The van der Waals surface area contributed by atoms with Crippen LogP contribution in [-0.4, -0.2) is 25.7 Å². The summed E-state index contributed by atoms with van der Waals surface area (Å²) in [4.78, 5) is 0. The molecule has 2 aromatic rings. The standard InChI is InChI=1S/C10H12FN5O/c1-6(12-5-10-13-15-16-14-10)8-4-7(11)2-3-9(8)17/h2-4,6,12,17H,5H2,1H3,(H,13,14,15,16). The van der Waals surface area contributed by atoms with Crippen molar-refractivity contribution in [3.8, 4) is 5.75 Å². The molecule has 1 aromatic heterocycles. The van der Waals surface area contributed by atoms with E-state index in [0.29, 0.717) is 17.9 Å². The van der Waals surface area contributed by atoms with Crippen molar-refractivity contribution in [1.82, 2.24) is 25.9 Å². The largest absolute Gasteiger partial charge is 0.508 e. The highest BCUT2D eigenvalue weighted by Gasteiger charge is 2.11. The van der Waals surface area contributed by atoms with Gasteiger partial charge in [-0.1, -0.05) is 5.21 Å². The summed E-state index contributed by atoms with van der Waals surface area (Å²) in [7, 11) is 0. The van der Waals surface area contributed by atoms with E-state index >= 15 is 0 Å². The molecule has 1 heterocycles. The second-order valence-electron chi connectivity index (χ2n) is 3.63. The number of tetrazole rings is 1. The van der Waals surface area contributed by atoms with Crippen molar-refractivity contribution in [3.05, 3.63) is 35.4 Å². The molecule has 6 nitrogen and oxygen atoms in total. The summed E-state index contributed by atoms with van der Waals surface area (Å²) in [6.45, 7) is 2.20. The van der Waals surface area contributed by atoms with Crippen LogP contribution in [0.2, 0.25) is 0 Å². The minimum Gasteiger partial charge on any atom is -0.508 e. The van der Waals surface area contributed by atoms with Crippen molar-refractivity contribution < 1.29 is 9.50 Å². The number of phenolic OH excluding ortho intramolecular Hbond substituents is 1. The van der Waals surface area contributed by atoms with Crippen LogP contribution in [0.1, 0.15) is 24.4 Å². The number of nitrogens with one attached hydrogen (secondary N) is 2. The van der Waals surface area contributed by atoms with E-state index in [9.17, 15) is 9.50 Å². The quantitative estimate of drug-likeness (QED) is 0.735. The molecule has 3 N–H and O–H groups in total. The van der Waals surface area contributed by atoms with Gasteiger partial charge in [-0.15, -0.1) is 10.2 Å². The fraction of sp³-hybridized carbons (Fsp3) is 0.300. The fourth-order valence-electron chi connectivity index (χ4n) is 1.48. The molecule has 0 radical (unpaired) electrons. The van der Waals surface area contributed by atoms with Crippen molar-refractivity contribution in [2.24, 2.45) is 0 Å². The lowest BCUT2D eigenvalue weighted by atomic mass is 10.1. The normalized spacial score (nSPS) is 12.6. The van der Waals surface area contributed by atoms with E-state index in [-0.39, 0.29) is 17.6 Å². The Balaban J connectivity index is 2.04. The second-order valence-corrected chi connectivity index (χ2v) is 3.63. The molecule has 0 spiro atoms. The summed E-state index contributed by atoms with van der Waals surface area (Å²) in [6, 6.07) is 3.62. The van der Waals surface area contributed by atoms with Crippen LogP contribution >= 0.6 is 0 Å². The topological polar surface area (TPSA) is 86.7 Å². The Morgan fingerprint density at radius 2 is 2.35 bits per heavy atom. The lowest BCUT2D eigenvalue weighted by Gasteiger charge is -2.14. The fourth-order valence-corrected chi connectivity index (χ4v) is 1.48. The van der Waals surface area contributed by atoms with E-state index in [2.05, 4.69) is 25.9 Å². The van der Waals surface area contributed by atoms with Gasteiger partial charge in [-0.05, 0) is 25.1 Å². The SMILES string of the molecule is CC(NCc1nn[nH]n1)c1cc(F)ccc1O. The first kappa shape index (κ1) is 11.5. The Hall–Kier alpha value is -2.02. The number of H-pyrrole nitrogens is 1. The number of aromatic hydroxyl groups is 1. The molecular weight excluding hydrogens is 225 g/mol. The van der Waals surface area contributed by atoms with E-state index in [1.807, 2.05) is 6.92 Å². The molecule has 0 amide bonds. The third kappa shape index (κ3) is 2.76. The van der Waals surface area contributed by atoms with Gasteiger partial charge in [-0.25, -0.2) is 4.39 Å². The van der Waals surface area contributed by atoms with Crippen molar-refractivity contribution in [1.29, 1.82) is 0 Å². The van der Waals surface area contributed by atoms with Crippen molar-refractivity contribution >= 4 is 0 Å². The third-order valence-corrected chi connectivity index (χ3v) is 2.41. The van der Waals surface area contributed by atoms with Gasteiger partial charge < -0.3 is 10.4 Å². The summed E-state index contributed by atoms with van der Waals surface area (Å²) in [5.74, 6) is 0.179. The van der Waals surface area contributed by atoms with E-state index < -0.39 is 0 Å². The van der Waals surface area contributed by atoms with Gasteiger partial charge in [0, 0.05) is 11.6 Å². The second kappa shape index (κ2) is 4.88. The Morgan fingerprint density at radius 3 is 3.06 bits per heavy atom. The molecule has 90 valence electrons. The first-order valence-electron chi connectivity index (χ1n) is 5.11. The maximum Gasteiger partial charge on any atom is 0.188 e.